The van der Waals surface area contributed by atoms with Crippen LogP contribution in [-0.2, 0) is 6.54 Å². The minimum Gasteiger partial charge on any atom is -0.312 e. The van der Waals surface area contributed by atoms with E-state index >= 15 is 0 Å². The zero-order chi connectivity index (χ0) is 12.7. The fourth-order valence-corrected chi connectivity index (χ4v) is 2.56. The van der Waals surface area contributed by atoms with Crippen molar-refractivity contribution in [2.24, 2.45) is 5.92 Å². The maximum atomic E-state index is 3.49. The third kappa shape index (κ3) is 6.13. The SMILES string of the molecule is CCC(C)Sc1cccc(CNCC(C)C)c1. The van der Waals surface area contributed by atoms with Gasteiger partial charge in [0, 0.05) is 16.7 Å². The van der Waals surface area contributed by atoms with Gasteiger partial charge in [-0.25, -0.2) is 0 Å². The quantitative estimate of drug-likeness (QED) is 0.724. The van der Waals surface area contributed by atoms with Crippen LogP contribution in [0.5, 0.6) is 0 Å². The number of benzene rings is 1. The van der Waals surface area contributed by atoms with Crippen LogP contribution < -0.4 is 5.32 Å². The van der Waals surface area contributed by atoms with E-state index in [-0.39, 0.29) is 0 Å². The van der Waals surface area contributed by atoms with Gasteiger partial charge in [0.05, 0.1) is 0 Å². The van der Waals surface area contributed by atoms with Crippen molar-refractivity contribution in [3.63, 3.8) is 0 Å². The molecular weight excluding hydrogens is 226 g/mol. The largest absolute Gasteiger partial charge is 0.312 e. The minimum atomic E-state index is 0.703. The molecule has 17 heavy (non-hydrogen) atoms. The standard InChI is InChI=1S/C15H25NS/c1-5-13(4)17-15-8-6-7-14(9-15)11-16-10-12(2)3/h6-9,12-13,16H,5,10-11H2,1-4H3. The highest BCUT2D eigenvalue weighted by atomic mass is 32.2. The molecule has 1 nitrogen and oxygen atoms in total. The van der Waals surface area contributed by atoms with Crippen molar-refractivity contribution < 1.29 is 0 Å². The molecule has 0 heterocycles. The van der Waals surface area contributed by atoms with Crippen LogP contribution in [0.3, 0.4) is 0 Å². The first-order chi connectivity index (χ1) is 8.11. The monoisotopic (exact) mass is 251 g/mol. The molecule has 0 spiro atoms. The Morgan fingerprint density at radius 2 is 2.00 bits per heavy atom. The molecule has 0 aliphatic heterocycles. The van der Waals surface area contributed by atoms with E-state index in [0.717, 1.165) is 13.1 Å². The zero-order valence-electron chi connectivity index (χ0n) is 11.5. The lowest BCUT2D eigenvalue weighted by Crippen LogP contribution is -2.18. The molecule has 0 amide bonds. The average Bonchev–Trinajstić information content (AvgIpc) is 2.29. The van der Waals surface area contributed by atoms with E-state index in [1.165, 1.54) is 16.9 Å². The predicted molar refractivity (Wildman–Crippen MR) is 78.6 cm³/mol. The number of hydrogen-bond acceptors (Lipinski definition) is 2. The maximum absolute atomic E-state index is 3.49. The molecule has 0 bridgehead atoms. The van der Waals surface area contributed by atoms with Crippen molar-refractivity contribution in [1.82, 2.24) is 5.32 Å². The highest BCUT2D eigenvalue weighted by molar-refractivity contribution is 7.99. The van der Waals surface area contributed by atoms with E-state index in [0.29, 0.717) is 11.2 Å². The Bertz CT molecular complexity index is 322. The lowest BCUT2D eigenvalue weighted by atomic mass is 10.2. The van der Waals surface area contributed by atoms with Crippen LogP contribution in [0.4, 0.5) is 0 Å². The van der Waals surface area contributed by atoms with Gasteiger partial charge < -0.3 is 5.32 Å². The van der Waals surface area contributed by atoms with Gasteiger partial charge >= 0.3 is 0 Å². The fourth-order valence-electron chi connectivity index (χ4n) is 1.55. The minimum absolute atomic E-state index is 0.703. The predicted octanol–water partition coefficient (Wildman–Crippen LogP) is 4.32. The highest BCUT2D eigenvalue weighted by Crippen LogP contribution is 2.25. The maximum Gasteiger partial charge on any atom is 0.0206 e. The van der Waals surface area contributed by atoms with Gasteiger partial charge in [0.25, 0.3) is 0 Å². The Balaban J connectivity index is 2.48. The molecule has 0 radical (unpaired) electrons. The summed E-state index contributed by atoms with van der Waals surface area (Å²) in [6.07, 6.45) is 1.22. The highest BCUT2D eigenvalue weighted by Gasteiger charge is 2.02. The van der Waals surface area contributed by atoms with Crippen molar-refractivity contribution in [1.29, 1.82) is 0 Å². The molecule has 0 saturated carbocycles. The topological polar surface area (TPSA) is 12.0 Å². The summed E-state index contributed by atoms with van der Waals surface area (Å²) in [6, 6.07) is 8.89. The van der Waals surface area contributed by atoms with Crippen molar-refractivity contribution in [2.75, 3.05) is 6.54 Å². The average molecular weight is 251 g/mol. The second-order valence-corrected chi connectivity index (χ2v) is 6.52. The van der Waals surface area contributed by atoms with Crippen LogP contribution in [-0.4, -0.2) is 11.8 Å². The first kappa shape index (κ1) is 14.6. The third-order valence-electron chi connectivity index (χ3n) is 2.69. The molecule has 0 aliphatic rings. The summed E-state index contributed by atoms with van der Waals surface area (Å²) < 4.78 is 0. The normalized spacial score (nSPS) is 13.0. The van der Waals surface area contributed by atoms with Gasteiger partial charge in [-0.3, -0.25) is 0 Å². The van der Waals surface area contributed by atoms with Crippen molar-refractivity contribution in [2.45, 2.75) is 50.8 Å². The van der Waals surface area contributed by atoms with E-state index in [1.54, 1.807) is 0 Å². The third-order valence-corrected chi connectivity index (χ3v) is 3.95. The van der Waals surface area contributed by atoms with Crippen LogP contribution in [0.25, 0.3) is 0 Å². The van der Waals surface area contributed by atoms with E-state index in [1.807, 2.05) is 11.8 Å². The van der Waals surface area contributed by atoms with Crippen molar-refractivity contribution >= 4 is 11.8 Å². The van der Waals surface area contributed by atoms with Gasteiger partial charge in [0.1, 0.15) is 0 Å². The van der Waals surface area contributed by atoms with Crippen molar-refractivity contribution in [3.8, 4) is 0 Å². The molecule has 1 aromatic carbocycles. The number of rotatable bonds is 7. The zero-order valence-corrected chi connectivity index (χ0v) is 12.3. The second-order valence-electron chi connectivity index (χ2n) is 5.01. The van der Waals surface area contributed by atoms with E-state index in [4.69, 9.17) is 0 Å². The summed E-state index contributed by atoms with van der Waals surface area (Å²) in [4.78, 5) is 1.39. The lowest BCUT2D eigenvalue weighted by molar-refractivity contribution is 0.552. The van der Waals surface area contributed by atoms with Crippen molar-refractivity contribution in [3.05, 3.63) is 29.8 Å². The molecule has 0 fully saturated rings. The lowest BCUT2D eigenvalue weighted by Gasteiger charge is -2.11. The van der Waals surface area contributed by atoms with Gasteiger partial charge in [-0.05, 0) is 36.6 Å². The molecule has 0 saturated heterocycles. The molecule has 2 heteroatoms. The first-order valence-corrected chi connectivity index (χ1v) is 7.46. The molecule has 1 unspecified atom stereocenters. The summed E-state index contributed by atoms with van der Waals surface area (Å²) in [5, 5.41) is 4.19. The van der Waals surface area contributed by atoms with Crippen LogP contribution >= 0.6 is 11.8 Å². The smallest absolute Gasteiger partial charge is 0.0206 e. The molecule has 0 aliphatic carbocycles. The Kier molecular flexibility index (Phi) is 6.68. The Labute approximate surface area is 110 Å². The molecule has 1 N–H and O–H groups in total. The summed E-state index contributed by atoms with van der Waals surface area (Å²) in [5.41, 5.74) is 1.39. The Morgan fingerprint density at radius 3 is 2.65 bits per heavy atom. The molecule has 0 aromatic heterocycles. The second kappa shape index (κ2) is 7.78. The summed E-state index contributed by atoms with van der Waals surface area (Å²) in [6.45, 7) is 11.1. The van der Waals surface area contributed by atoms with Crippen LogP contribution in [0.1, 0.15) is 39.7 Å². The van der Waals surface area contributed by atoms with E-state index in [2.05, 4.69) is 57.3 Å². The summed E-state index contributed by atoms with van der Waals surface area (Å²) >= 11 is 1.97. The van der Waals surface area contributed by atoms with E-state index in [9.17, 15) is 0 Å². The fraction of sp³-hybridized carbons (Fsp3) is 0.600. The Hall–Kier alpha value is -0.470. The van der Waals surface area contributed by atoms with Crippen LogP contribution in [0.2, 0.25) is 0 Å². The molecule has 1 atom stereocenters. The van der Waals surface area contributed by atoms with Gasteiger partial charge in [0.2, 0.25) is 0 Å². The Morgan fingerprint density at radius 1 is 1.24 bits per heavy atom. The molecule has 1 rings (SSSR count). The summed E-state index contributed by atoms with van der Waals surface area (Å²) in [5.74, 6) is 0.715. The molecular formula is C15H25NS. The van der Waals surface area contributed by atoms with Crippen LogP contribution in [0, 0.1) is 5.92 Å². The number of nitrogens with one attached hydrogen (secondary N) is 1. The van der Waals surface area contributed by atoms with Gasteiger partial charge in [-0.2, -0.15) is 0 Å². The van der Waals surface area contributed by atoms with Gasteiger partial charge in [0.15, 0.2) is 0 Å². The first-order valence-electron chi connectivity index (χ1n) is 6.58. The number of hydrogen-bond donors (Lipinski definition) is 1. The number of thioether (sulfide) groups is 1. The van der Waals surface area contributed by atoms with E-state index < -0.39 is 0 Å². The van der Waals surface area contributed by atoms with Gasteiger partial charge in [-0.15, -0.1) is 11.8 Å². The molecule has 96 valence electrons. The molecule has 1 aromatic rings. The summed E-state index contributed by atoms with van der Waals surface area (Å²) in [7, 11) is 0. The van der Waals surface area contributed by atoms with Crippen LogP contribution in [0.15, 0.2) is 29.2 Å². The van der Waals surface area contributed by atoms with Gasteiger partial charge in [-0.1, -0.05) is 39.8 Å².